The van der Waals surface area contributed by atoms with Crippen LogP contribution in [0.25, 0.3) is 10.9 Å². The number of fused-ring (bicyclic) bond motifs is 1. The maximum Gasteiger partial charge on any atom is 0.253 e. The van der Waals surface area contributed by atoms with Crippen molar-refractivity contribution in [2.24, 2.45) is 0 Å². The predicted octanol–water partition coefficient (Wildman–Crippen LogP) is 4.94. The fourth-order valence-corrected chi connectivity index (χ4v) is 3.78. The van der Waals surface area contributed by atoms with Gasteiger partial charge in [-0.05, 0) is 72.4 Å². The summed E-state index contributed by atoms with van der Waals surface area (Å²) in [5.74, 6) is 0. The number of nitrogens with zero attached hydrogens (tertiary/aromatic N) is 2. The maximum absolute atomic E-state index is 12.9. The molecule has 0 bridgehead atoms. The molecule has 5 nitrogen and oxygen atoms in total. The van der Waals surface area contributed by atoms with Gasteiger partial charge in [0.15, 0.2) is 5.11 Å². The van der Waals surface area contributed by atoms with E-state index in [9.17, 15) is 4.79 Å². The van der Waals surface area contributed by atoms with Gasteiger partial charge in [0, 0.05) is 30.2 Å². The lowest BCUT2D eigenvalue weighted by atomic mass is 10.0. The first-order valence-corrected chi connectivity index (χ1v) is 10.5. The second-order valence-corrected chi connectivity index (χ2v) is 8.00. The molecule has 0 aliphatic rings. The number of rotatable bonds is 5. The normalized spacial score (nSPS) is 10.8. The van der Waals surface area contributed by atoms with Crippen LogP contribution in [0.5, 0.6) is 0 Å². The number of thiocarbonyl (C=S) groups is 1. The molecule has 0 aliphatic carbocycles. The molecule has 0 saturated heterocycles. The minimum atomic E-state index is -0.0973. The van der Waals surface area contributed by atoms with E-state index >= 15 is 0 Å². The van der Waals surface area contributed by atoms with Gasteiger partial charge in [0.1, 0.15) is 0 Å². The number of anilines is 1. The summed E-state index contributed by atoms with van der Waals surface area (Å²) >= 11 is 5.71. The van der Waals surface area contributed by atoms with E-state index in [1.807, 2.05) is 79.5 Å². The standard InChI is InChI=1S/C25H24N4OS/c1-17-10-11-20-13-21(24(30)28-23(20)18(17)2)16-29(15-19-7-6-12-26-14-19)25(31)27-22-8-4-3-5-9-22/h3-14H,15-16H2,1-2H3,(H,27,31)(H,28,30). The molecule has 0 fully saturated rings. The fourth-order valence-electron chi connectivity index (χ4n) is 3.53. The van der Waals surface area contributed by atoms with Gasteiger partial charge in [0.05, 0.1) is 12.1 Å². The maximum atomic E-state index is 12.9. The molecule has 31 heavy (non-hydrogen) atoms. The van der Waals surface area contributed by atoms with E-state index in [1.54, 1.807) is 6.20 Å². The molecule has 0 aliphatic heterocycles. The third-order valence-electron chi connectivity index (χ3n) is 5.40. The summed E-state index contributed by atoms with van der Waals surface area (Å²) in [6.07, 6.45) is 3.56. The van der Waals surface area contributed by atoms with Crippen molar-refractivity contribution < 1.29 is 0 Å². The van der Waals surface area contributed by atoms with Crippen molar-refractivity contribution in [1.82, 2.24) is 14.9 Å². The molecule has 4 aromatic rings. The van der Waals surface area contributed by atoms with E-state index in [1.165, 1.54) is 0 Å². The topological polar surface area (TPSA) is 61.0 Å². The molecule has 0 amide bonds. The average molecular weight is 429 g/mol. The summed E-state index contributed by atoms with van der Waals surface area (Å²) in [5.41, 5.74) is 5.62. The lowest BCUT2D eigenvalue weighted by Crippen LogP contribution is -2.35. The van der Waals surface area contributed by atoms with Crippen molar-refractivity contribution in [3.8, 4) is 0 Å². The Morgan fingerprint density at radius 2 is 1.87 bits per heavy atom. The fraction of sp³-hybridized carbons (Fsp3) is 0.160. The summed E-state index contributed by atoms with van der Waals surface area (Å²) in [5, 5.41) is 4.85. The highest BCUT2D eigenvalue weighted by Crippen LogP contribution is 2.20. The van der Waals surface area contributed by atoms with Gasteiger partial charge in [-0.2, -0.15) is 0 Å². The van der Waals surface area contributed by atoms with Crippen molar-refractivity contribution in [3.05, 3.63) is 106 Å². The highest BCUT2D eigenvalue weighted by molar-refractivity contribution is 7.80. The molecular formula is C25H24N4OS. The van der Waals surface area contributed by atoms with Crippen molar-refractivity contribution in [2.45, 2.75) is 26.9 Å². The molecule has 2 N–H and O–H groups in total. The number of pyridine rings is 2. The van der Waals surface area contributed by atoms with Crippen LogP contribution in [-0.2, 0) is 13.1 Å². The largest absolute Gasteiger partial charge is 0.340 e. The van der Waals surface area contributed by atoms with Gasteiger partial charge in [0.25, 0.3) is 5.56 Å². The first-order valence-electron chi connectivity index (χ1n) is 10.1. The molecule has 156 valence electrons. The van der Waals surface area contributed by atoms with Crippen LogP contribution in [0, 0.1) is 13.8 Å². The van der Waals surface area contributed by atoms with E-state index in [0.717, 1.165) is 33.3 Å². The van der Waals surface area contributed by atoms with Gasteiger partial charge in [-0.15, -0.1) is 0 Å². The molecule has 6 heteroatoms. The first-order chi connectivity index (χ1) is 15.0. The minimum absolute atomic E-state index is 0.0973. The number of H-pyrrole nitrogens is 1. The Hall–Kier alpha value is -3.51. The minimum Gasteiger partial charge on any atom is -0.340 e. The molecular weight excluding hydrogens is 404 g/mol. The molecule has 4 rings (SSSR count). The van der Waals surface area contributed by atoms with Crippen LogP contribution in [-0.4, -0.2) is 20.0 Å². The molecule has 0 radical (unpaired) electrons. The SMILES string of the molecule is Cc1ccc2cc(CN(Cc3cccnc3)C(=S)Nc3ccccc3)c(=O)[nH]c2c1C. The third kappa shape index (κ3) is 4.81. The van der Waals surface area contributed by atoms with Crippen molar-refractivity contribution in [2.75, 3.05) is 5.32 Å². The number of aryl methyl sites for hydroxylation is 2. The number of benzene rings is 2. The van der Waals surface area contributed by atoms with Gasteiger partial charge in [-0.3, -0.25) is 9.78 Å². The molecule has 0 spiro atoms. The second-order valence-electron chi connectivity index (χ2n) is 7.61. The summed E-state index contributed by atoms with van der Waals surface area (Å²) in [6.45, 7) is 4.99. The van der Waals surface area contributed by atoms with E-state index in [4.69, 9.17) is 12.2 Å². The monoisotopic (exact) mass is 428 g/mol. The lowest BCUT2D eigenvalue weighted by molar-refractivity contribution is 0.410. The van der Waals surface area contributed by atoms with E-state index in [0.29, 0.717) is 23.8 Å². The Morgan fingerprint density at radius 1 is 1.06 bits per heavy atom. The summed E-state index contributed by atoms with van der Waals surface area (Å²) < 4.78 is 0. The Kier molecular flexibility index (Phi) is 6.09. The lowest BCUT2D eigenvalue weighted by Gasteiger charge is -2.26. The van der Waals surface area contributed by atoms with Crippen molar-refractivity contribution >= 4 is 33.9 Å². The highest BCUT2D eigenvalue weighted by atomic mass is 32.1. The summed E-state index contributed by atoms with van der Waals surface area (Å²) in [4.78, 5) is 22.2. The number of aromatic amines is 1. The summed E-state index contributed by atoms with van der Waals surface area (Å²) in [6, 6.07) is 19.8. The van der Waals surface area contributed by atoms with Gasteiger partial charge in [-0.1, -0.05) is 36.4 Å². The molecule has 0 unspecified atom stereocenters. The zero-order chi connectivity index (χ0) is 21.8. The second kappa shape index (κ2) is 9.10. The Balaban J connectivity index is 1.66. The van der Waals surface area contributed by atoms with Crippen LogP contribution >= 0.6 is 12.2 Å². The quantitative estimate of drug-likeness (QED) is 0.441. The van der Waals surface area contributed by atoms with Crippen LogP contribution in [0.4, 0.5) is 5.69 Å². The Bertz CT molecular complexity index is 1270. The van der Waals surface area contributed by atoms with Crippen LogP contribution in [0.1, 0.15) is 22.3 Å². The number of aromatic nitrogens is 2. The highest BCUT2D eigenvalue weighted by Gasteiger charge is 2.15. The molecule has 0 saturated carbocycles. The van der Waals surface area contributed by atoms with Gasteiger partial charge < -0.3 is 15.2 Å². The Morgan fingerprint density at radius 3 is 2.61 bits per heavy atom. The smallest absolute Gasteiger partial charge is 0.253 e. The van der Waals surface area contributed by atoms with Crippen molar-refractivity contribution in [1.29, 1.82) is 0 Å². The number of hydrogen-bond donors (Lipinski definition) is 2. The summed E-state index contributed by atoms with van der Waals surface area (Å²) in [7, 11) is 0. The van der Waals surface area contributed by atoms with E-state index in [-0.39, 0.29) is 5.56 Å². The number of para-hydroxylation sites is 1. The molecule has 2 aromatic carbocycles. The first kappa shape index (κ1) is 20.8. The van der Waals surface area contributed by atoms with Crippen molar-refractivity contribution in [3.63, 3.8) is 0 Å². The van der Waals surface area contributed by atoms with E-state index in [2.05, 4.69) is 21.4 Å². The number of hydrogen-bond acceptors (Lipinski definition) is 3. The molecule has 0 atom stereocenters. The average Bonchev–Trinajstić information content (AvgIpc) is 2.78. The zero-order valence-electron chi connectivity index (χ0n) is 17.6. The Labute approximate surface area is 186 Å². The van der Waals surface area contributed by atoms with Gasteiger partial charge in [-0.25, -0.2) is 0 Å². The van der Waals surface area contributed by atoms with Crippen LogP contribution in [0.3, 0.4) is 0 Å². The zero-order valence-corrected chi connectivity index (χ0v) is 18.4. The van der Waals surface area contributed by atoms with Gasteiger partial charge in [0.2, 0.25) is 0 Å². The van der Waals surface area contributed by atoms with Crippen LogP contribution in [0.15, 0.2) is 77.9 Å². The van der Waals surface area contributed by atoms with Crippen LogP contribution in [0.2, 0.25) is 0 Å². The number of nitrogens with one attached hydrogen (secondary N) is 2. The predicted molar refractivity (Wildman–Crippen MR) is 130 cm³/mol. The third-order valence-corrected chi connectivity index (χ3v) is 5.76. The van der Waals surface area contributed by atoms with E-state index < -0.39 is 0 Å². The van der Waals surface area contributed by atoms with Crippen LogP contribution < -0.4 is 10.9 Å². The van der Waals surface area contributed by atoms with Gasteiger partial charge >= 0.3 is 0 Å². The molecule has 2 aromatic heterocycles. The molecule has 2 heterocycles.